The lowest BCUT2D eigenvalue weighted by atomic mass is 9.87. The molecule has 0 unspecified atom stereocenters. The summed E-state index contributed by atoms with van der Waals surface area (Å²) in [6, 6.07) is 73.9. The number of hydrogen-bond donors (Lipinski definition) is 0. The third kappa shape index (κ3) is 5.26. The fraction of sp³-hybridized carbons (Fsp3) is 0. The van der Waals surface area contributed by atoms with Gasteiger partial charge in [0, 0.05) is 16.7 Å². The van der Waals surface area contributed by atoms with Crippen LogP contribution in [0.1, 0.15) is 0 Å². The van der Waals surface area contributed by atoms with Gasteiger partial charge in [-0.15, -0.1) is 0 Å². The highest BCUT2D eigenvalue weighted by atomic mass is 14.9. The van der Waals surface area contributed by atoms with Gasteiger partial charge in [-0.3, -0.25) is 0 Å². The number of benzene rings is 10. The molecule has 10 aromatic carbocycles. The summed E-state index contributed by atoms with van der Waals surface area (Å²) in [6.45, 7) is 0. The molecule has 0 atom stereocenters. The third-order valence-electron chi connectivity index (χ3n) is 11.3. The van der Waals surface area contributed by atoms with Crippen LogP contribution in [0.25, 0.3) is 110 Å². The highest BCUT2D eigenvalue weighted by Gasteiger charge is 2.17. The van der Waals surface area contributed by atoms with E-state index in [4.69, 9.17) is 9.97 Å². The Morgan fingerprint density at radius 3 is 1.34 bits per heavy atom. The SMILES string of the molecule is c1ccc(-c2cc(-c3cccc4c(-c5ccccc5)cccc34)nc(-c3ccc(-c4cc5c6ccccc6c6ccccc6c5c5ccccc45)cc3)n2)cc1. The molecule has 0 amide bonds. The standard InChI is InChI=1S/C54H34N2/c1-3-15-35(16-4-1)39-25-13-27-42-40(39)26-14-28-46(42)52-34-51(37-17-5-2-6-18-37)55-54(56-52)38-31-29-36(30-32-38)49-33-50-44-21-8-7-19-41(44)43-20-9-11-23-47(43)53(50)48-24-12-10-22-45(48)49/h1-34H. The van der Waals surface area contributed by atoms with Gasteiger partial charge in [-0.05, 0) is 88.2 Å². The van der Waals surface area contributed by atoms with Gasteiger partial charge in [-0.2, -0.15) is 0 Å². The first-order valence-electron chi connectivity index (χ1n) is 19.2. The molecule has 0 bridgehead atoms. The predicted molar refractivity (Wildman–Crippen MR) is 237 cm³/mol. The van der Waals surface area contributed by atoms with E-state index in [2.05, 4.69) is 200 Å². The maximum Gasteiger partial charge on any atom is 0.160 e. The van der Waals surface area contributed by atoms with Crippen LogP contribution in [0.4, 0.5) is 0 Å². The molecule has 0 saturated carbocycles. The summed E-state index contributed by atoms with van der Waals surface area (Å²) in [6.07, 6.45) is 0. The van der Waals surface area contributed by atoms with Crippen molar-refractivity contribution in [2.75, 3.05) is 0 Å². The smallest absolute Gasteiger partial charge is 0.160 e. The van der Waals surface area contributed by atoms with Gasteiger partial charge in [0.25, 0.3) is 0 Å². The Bertz CT molecular complexity index is 3280. The molecule has 0 spiro atoms. The topological polar surface area (TPSA) is 25.8 Å². The first-order valence-corrected chi connectivity index (χ1v) is 19.2. The summed E-state index contributed by atoms with van der Waals surface area (Å²) < 4.78 is 0. The summed E-state index contributed by atoms with van der Waals surface area (Å²) in [5.74, 6) is 0.699. The number of rotatable bonds is 5. The van der Waals surface area contributed by atoms with Crippen molar-refractivity contribution in [1.29, 1.82) is 0 Å². The van der Waals surface area contributed by atoms with Crippen molar-refractivity contribution >= 4 is 53.9 Å². The molecular formula is C54H34N2. The van der Waals surface area contributed by atoms with E-state index < -0.39 is 0 Å². The van der Waals surface area contributed by atoms with Crippen molar-refractivity contribution < 1.29 is 0 Å². The highest BCUT2D eigenvalue weighted by molar-refractivity contribution is 6.33. The second kappa shape index (κ2) is 13.2. The Morgan fingerprint density at radius 2 is 0.661 bits per heavy atom. The van der Waals surface area contributed by atoms with Crippen LogP contribution in [0, 0.1) is 0 Å². The highest BCUT2D eigenvalue weighted by Crippen LogP contribution is 2.43. The largest absolute Gasteiger partial charge is 0.228 e. The molecule has 0 aliphatic carbocycles. The molecule has 11 rings (SSSR count). The van der Waals surface area contributed by atoms with Crippen LogP contribution >= 0.6 is 0 Å². The molecule has 2 nitrogen and oxygen atoms in total. The molecule has 0 aliphatic rings. The molecule has 0 aliphatic heterocycles. The van der Waals surface area contributed by atoms with E-state index in [1.165, 1.54) is 65.2 Å². The molecule has 260 valence electrons. The Morgan fingerprint density at radius 1 is 0.232 bits per heavy atom. The van der Waals surface area contributed by atoms with Gasteiger partial charge in [0.2, 0.25) is 0 Å². The normalized spacial score (nSPS) is 11.6. The van der Waals surface area contributed by atoms with E-state index in [-0.39, 0.29) is 0 Å². The number of nitrogens with zero attached hydrogens (tertiary/aromatic N) is 2. The molecule has 0 saturated heterocycles. The Balaban J connectivity index is 1.08. The van der Waals surface area contributed by atoms with E-state index in [1.54, 1.807) is 0 Å². The predicted octanol–water partition coefficient (Wildman–Crippen LogP) is 14.6. The van der Waals surface area contributed by atoms with Crippen LogP contribution in [0.15, 0.2) is 206 Å². The Kier molecular flexibility index (Phi) is 7.53. The quantitative estimate of drug-likeness (QED) is 0.166. The Hall–Kier alpha value is -7.42. The van der Waals surface area contributed by atoms with Gasteiger partial charge >= 0.3 is 0 Å². The van der Waals surface area contributed by atoms with Gasteiger partial charge in [-0.25, -0.2) is 9.97 Å². The maximum absolute atomic E-state index is 5.30. The van der Waals surface area contributed by atoms with E-state index in [9.17, 15) is 0 Å². The first kappa shape index (κ1) is 32.0. The van der Waals surface area contributed by atoms with Gasteiger partial charge in [0.1, 0.15) is 0 Å². The maximum atomic E-state index is 5.30. The molecular weight excluding hydrogens is 677 g/mol. The van der Waals surface area contributed by atoms with Crippen LogP contribution in [0.3, 0.4) is 0 Å². The van der Waals surface area contributed by atoms with Crippen molar-refractivity contribution in [1.82, 2.24) is 9.97 Å². The third-order valence-corrected chi connectivity index (χ3v) is 11.3. The number of fused-ring (bicyclic) bond motifs is 9. The van der Waals surface area contributed by atoms with Gasteiger partial charge in [0.05, 0.1) is 11.4 Å². The van der Waals surface area contributed by atoms with Crippen LogP contribution in [-0.4, -0.2) is 9.97 Å². The van der Waals surface area contributed by atoms with E-state index in [1.807, 2.05) is 6.07 Å². The minimum atomic E-state index is 0.699. The summed E-state index contributed by atoms with van der Waals surface area (Å²) in [4.78, 5) is 10.5. The van der Waals surface area contributed by atoms with Crippen LogP contribution in [0.2, 0.25) is 0 Å². The molecule has 0 N–H and O–H groups in total. The Labute approximate surface area is 325 Å². The summed E-state index contributed by atoms with van der Waals surface area (Å²) in [5, 5.41) is 12.6. The average Bonchev–Trinajstić information content (AvgIpc) is 3.28. The van der Waals surface area contributed by atoms with E-state index in [0.29, 0.717) is 5.82 Å². The molecule has 0 radical (unpaired) electrons. The minimum Gasteiger partial charge on any atom is -0.228 e. The lowest BCUT2D eigenvalue weighted by Crippen LogP contribution is -1.96. The molecule has 56 heavy (non-hydrogen) atoms. The first-order chi connectivity index (χ1) is 27.8. The van der Waals surface area contributed by atoms with Crippen molar-refractivity contribution in [3.8, 4) is 56.2 Å². The van der Waals surface area contributed by atoms with Gasteiger partial charge in [-0.1, -0.05) is 194 Å². The number of aromatic nitrogens is 2. The van der Waals surface area contributed by atoms with Gasteiger partial charge < -0.3 is 0 Å². The monoisotopic (exact) mass is 710 g/mol. The molecule has 2 heteroatoms. The van der Waals surface area contributed by atoms with Crippen molar-refractivity contribution in [3.63, 3.8) is 0 Å². The summed E-state index contributed by atoms with van der Waals surface area (Å²) in [7, 11) is 0. The van der Waals surface area contributed by atoms with Crippen molar-refractivity contribution in [2.24, 2.45) is 0 Å². The van der Waals surface area contributed by atoms with E-state index >= 15 is 0 Å². The van der Waals surface area contributed by atoms with Crippen LogP contribution in [-0.2, 0) is 0 Å². The average molecular weight is 711 g/mol. The second-order valence-corrected chi connectivity index (χ2v) is 14.5. The fourth-order valence-electron chi connectivity index (χ4n) is 8.68. The van der Waals surface area contributed by atoms with Crippen LogP contribution in [0.5, 0.6) is 0 Å². The lowest BCUT2D eigenvalue weighted by Gasteiger charge is -2.16. The van der Waals surface area contributed by atoms with E-state index in [0.717, 1.165) is 39.0 Å². The lowest BCUT2D eigenvalue weighted by molar-refractivity contribution is 1.18. The minimum absolute atomic E-state index is 0.699. The van der Waals surface area contributed by atoms with Crippen LogP contribution < -0.4 is 0 Å². The molecule has 0 fully saturated rings. The number of hydrogen-bond acceptors (Lipinski definition) is 2. The summed E-state index contributed by atoms with van der Waals surface area (Å²) in [5.41, 5.74) is 9.68. The van der Waals surface area contributed by atoms with Crippen molar-refractivity contribution in [2.45, 2.75) is 0 Å². The molecule has 1 heterocycles. The molecule has 1 aromatic heterocycles. The van der Waals surface area contributed by atoms with Gasteiger partial charge in [0.15, 0.2) is 5.82 Å². The molecule has 11 aromatic rings. The zero-order valence-corrected chi connectivity index (χ0v) is 30.5. The zero-order chi connectivity index (χ0) is 37.0. The van der Waals surface area contributed by atoms with Crippen molar-refractivity contribution in [3.05, 3.63) is 206 Å². The summed E-state index contributed by atoms with van der Waals surface area (Å²) >= 11 is 0. The fourth-order valence-corrected chi connectivity index (χ4v) is 8.68. The zero-order valence-electron chi connectivity index (χ0n) is 30.5. The second-order valence-electron chi connectivity index (χ2n) is 14.5.